The fourth-order valence-electron chi connectivity index (χ4n) is 1.16. The Balaban J connectivity index is 2.60. The molecule has 0 nitrogen and oxygen atoms in total. The monoisotopic (exact) mass is 262 g/mol. The van der Waals surface area contributed by atoms with Crippen LogP contribution in [-0.2, 0) is 0 Å². The predicted molar refractivity (Wildman–Crippen MR) is 70.5 cm³/mol. The summed E-state index contributed by atoms with van der Waals surface area (Å²) in [6.07, 6.45) is 3.33. The smallest absolute Gasteiger partial charge is 0.0245 e. The first-order chi connectivity index (χ1) is 7.24. The van der Waals surface area contributed by atoms with E-state index in [4.69, 9.17) is 0 Å². The molecular weight excluding hydrogens is 248 g/mol. The molecule has 0 aromatic heterocycles. The van der Waals surface area contributed by atoms with E-state index in [1.165, 1.54) is 12.8 Å². The number of halogens is 1. The topological polar surface area (TPSA) is 0 Å². The second-order valence-corrected chi connectivity index (χ2v) is 4.31. The van der Waals surface area contributed by atoms with Gasteiger partial charge in [-0.3, -0.25) is 0 Å². The number of unbranched alkanes of at least 4 members (excludes halogenated alkanes) is 2. The van der Waals surface area contributed by atoms with Gasteiger partial charge in [0, 0.05) is 16.5 Å². The molecular formula is C14H15Br. The van der Waals surface area contributed by atoms with Crippen LogP contribution >= 0.6 is 15.9 Å². The van der Waals surface area contributed by atoms with Crippen LogP contribution in [0.25, 0.3) is 5.57 Å². The molecule has 0 heterocycles. The zero-order valence-electron chi connectivity index (χ0n) is 9.02. The van der Waals surface area contributed by atoms with E-state index in [0.29, 0.717) is 0 Å². The van der Waals surface area contributed by atoms with Crippen LogP contribution < -0.4 is 0 Å². The van der Waals surface area contributed by atoms with Gasteiger partial charge in [0.15, 0.2) is 0 Å². The lowest BCUT2D eigenvalue weighted by molar-refractivity contribution is 0.828. The Bertz CT molecular complexity index is 376. The summed E-state index contributed by atoms with van der Waals surface area (Å²) in [4.78, 5) is 0. The summed E-state index contributed by atoms with van der Waals surface area (Å²) >= 11 is 3.40. The SMILES string of the molecule is C=C(C#CCCCC)c1ccc(Br)cc1. The molecule has 0 unspecified atom stereocenters. The Morgan fingerprint density at radius 3 is 2.60 bits per heavy atom. The van der Waals surface area contributed by atoms with Gasteiger partial charge < -0.3 is 0 Å². The first kappa shape index (κ1) is 12.1. The molecule has 78 valence electrons. The van der Waals surface area contributed by atoms with Crippen LogP contribution in [0.4, 0.5) is 0 Å². The molecule has 0 aliphatic heterocycles. The van der Waals surface area contributed by atoms with E-state index < -0.39 is 0 Å². The molecule has 15 heavy (non-hydrogen) atoms. The van der Waals surface area contributed by atoms with Crippen molar-refractivity contribution in [3.63, 3.8) is 0 Å². The summed E-state index contributed by atoms with van der Waals surface area (Å²) < 4.78 is 1.08. The molecule has 0 bridgehead atoms. The third-order valence-corrected chi connectivity index (χ3v) is 2.62. The van der Waals surface area contributed by atoms with Gasteiger partial charge in [0.25, 0.3) is 0 Å². The molecule has 0 radical (unpaired) electrons. The maximum Gasteiger partial charge on any atom is 0.0245 e. The minimum absolute atomic E-state index is 0.901. The maximum atomic E-state index is 3.96. The average molecular weight is 263 g/mol. The summed E-state index contributed by atoms with van der Waals surface area (Å²) in [6.45, 7) is 6.14. The maximum absolute atomic E-state index is 3.96. The van der Waals surface area contributed by atoms with Crippen molar-refractivity contribution in [3.05, 3.63) is 40.9 Å². The molecule has 1 heteroatoms. The highest BCUT2D eigenvalue weighted by Crippen LogP contribution is 2.15. The molecule has 0 atom stereocenters. The number of hydrogen-bond donors (Lipinski definition) is 0. The van der Waals surface area contributed by atoms with E-state index in [2.05, 4.69) is 41.3 Å². The summed E-state index contributed by atoms with van der Waals surface area (Å²) in [6, 6.07) is 8.07. The lowest BCUT2D eigenvalue weighted by Crippen LogP contribution is -1.78. The lowest BCUT2D eigenvalue weighted by atomic mass is 10.1. The van der Waals surface area contributed by atoms with Gasteiger partial charge in [-0.2, -0.15) is 0 Å². The summed E-state index contributed by atoms with van der Waals surface area (Å²) in [7, 11) is 0. The fraction of sp³-hybridized carbons (Fsp3) is 0.286. The molecule has 0 amide bonds. The van der Waals surface area contributed by atoms with Gasteiger partial charge >= 0.3 is 0 Å². The van der Waals surface area contributed by atoms with E-state index in [9.17, 15) is 0 Å². The van der Waals surface area contributed by atoms with Crippen molar-refractivity contribution in [1.29, 1.82) is 0 Å². The molecule has 0 aliphatic rings. The largest absolute Gasteiger partial charge is 0.0979 e. The third kappa shape index (κ3) is 4.36. The molecule has 0 aliphatic carbocycles. The van der Waals surface area contributed by atoms with Crippen molar-refractivity contribution < 1.29 is 0 Å². The van der Waals surface area contributed by atoms with E-state index in [0.717, 1.165) is 22.0 Å². The van der Waals surface area contributed by atoms with Crippen LogP contribution in [0.1, 0.15) is 31.7 Å². The summed E-state index contributed by atoms with van der Waals surface area (Å²) in [5, 5.41) is 0. The van der Waals surface area contributed by atoms with Crippen LogP contribution in [-0.4, -0.2) is 0 Å². The van der Waals surface area contributed by atoms with Crippen LogP contribution in [0.5, 0.6) is 0 Å². The minimum atomic E-state index is 0.901. The molecule has 0 saturated carbocycles. The lowest BCUT2D eigenvalue weighted by Gasteiger charge is -1.97. The second kappa shape index (κ2) is 6.48. The molecule has 1 aromatic rings. The van der Waals surface area contributed by atoms with Crippen molar-refractivity contribution in [2.75, 3.05) is 0 Å². The molecule has 0 spiro atoms. The van der Waals surface area contributed by atoms with Crippen LogP contribution in [0, 0.1) is 11.8 Å². The first-order valence-corrected chi connectivity index (χ1v) is 5.97. The second-order valence-electron chi connectivity index (χ2n) is 3.39. The highest BCUT2D eigenvalue weighted by molar-refractivity contribution is 9.10. The first-order valence-electron chi connectivity index (χ1n) is 5.17. The van der Waals surface area contributed by atoms with Crippen molar-refractivity contribution in [3.8, 4) is 11.8 Å². The Morgan fingerprint density at radius 2 is 2.00 bits per heavy atom. The quantitative estimate of drug-likeness (QED) is 0.549. The Kier molecular flexibility index (Phi) is 5.21. The van der Waals surface area contributed by atoms with E-state index in [1.807, 2.05) is 24.3 Å². The number of hydrogen-bond acceptors (Lipinski definition) is 0. The molecule has 0 fully saturated rings. The van der Waals surface area contributed by atoms with Crippen LogP contribution in [0.3, 0.4) is 0 Å². The van der Waals surface area contributed by atoms with Gasteiger partial charge in [-0.15, -0.1) is 0 Å². The molecule has 0 N–H and O–H groups in total. The fourth-order valence-corrected chi connectivity index (χ4v) is 1.42. The van der Waals surface area contributed by atoms with Crippen molar-refractivity contribution in [1.82, 2.24) is 0 Å². The van der Waals surface area contributed by atoms with E-state index in [1.54, 1.807) is 0 Å². The highest BCUT2D eigenvalue weighted by atomic mass is 79.9. The van der Waals surface area contributed by atoms with Crippen molar-refractivity contribution >= 4 is 21.5 Å². The van der Waals surface area contributed by atoms with Crippen molar-refractivity contribution in [2.24, 2.45) is 0 Å². The van der Waals surface area contributed by atoms with Crippen molar-refractivity contribution in [2.45, 2.75) is 26.2 Å². The Morgan fingerprint density at radius 1 is 1.33 bits per heavy atom. The van der Waals surface area contributed by atoms with Gasteiger partial charge in [-0.1, -0.05) is 59.8 Å². The molecule has 0 saturated heterocycles. The van der Waals surface area contributed by atoms with Gasteiger partial charge in [-0.25, -0.2) is 0 Å². The van der Waals surface area contributed by atoms with Gasteiger partial charge in [-0.05, 0) is 24.1 Å². The summed E-state index contributed by atoms with van der Waals surface area (Å²) in [5.41, 5.74) is 2.00. The Labute approximate surface area is 101 Å². The van der Waals surface area contributed by atoms with E-state index >= 15 is 0 Å². The standard InChI is InChI=1S/C14H15Br/c1-3-4-5-6-7-12(2)13-8-10-14(15)11-9-13/h8-11H,2-5H2,1H3. The zero-order valence-corrected chi connectivity index (χ0v) is 10.6. The van der Waals surface area contributed by atoms with Gasteiger partial charge in [0.05, 0.1) is 0 Å². The predicted octanol–water partition coefficient (Wildman–Crippen LogP) is 4.66. The molecule has 1 aromatic carbocycles. The number of rotatable bonds is 3. The van der Waals surface area contributed by atoms with E-state index in [-0.39, 0.29) is 0 Å². The third-order valence-electron chi connectivity index (χ3n) is 2.09. The van der Waals surface area contributed by atoms with Gasteiger partial charge in [0.1, 0.15) is 0 Å². The van der Waals surface area contributed by atoms with Crippen LogP contribution in [0.2, 0.25) is 0 Å². The summed E-state index contributed by atoms with van der Waals surface area (Å²) in [5.74, 6) is 6.23. The number of allylic oxidation sites excluding steroid dienone is 1. The van der Waals surface area contributed by atoms with Gasteiger partial charge in [0.2, 0.25) is 0 Å². The average Bonchev–Trinajstić information content (AvgIpc) is 2.25. The zero-order chi connectivity index (χ0) is 11.1. The highest BCUT2D eigenvalue weighted by Gasteiger charge is 1.94. The number of benzene rings is 1. The minimum Gasteiger partial charge on any atom is -0.0979 e. The molecule has 1 rings (SSSR count). The van der Waals surface area contributed by atoms with Crippen LogP contribution in [0.15, 0.2) is 35.3 Å². The Hall–Kier alpha value is -1.000. The normalized spacial score (nSPS) is 9.20.